The zero-order valence-electron chi connectivity index (χ0n) is 14.7. The number of carbonyl (C=O) groups excluding carboxylic acids is 1. The second kappa shape index (κ2) is 7.56. The molecule has 0 spiro atoms. The third kappa shape index (κ3) is 3.62. The second-order valence-electron chi connectivity index (χ2n) is 6.65. The van der Waals surface area contributed by atoms with Crippen molar-refractivity contribution in [2.24, 2.45) is 0 Å². The first-order valence-electron chi connectivity index (χ1n) is 8.86. The highest BCUT2D eigenvalue weighted by Gasteiger charge is 2.28. The number of aromatic nitrogens is 3. The number of rotatable bonds is 3. The summed E-state index contributed by atoms with van der Waals surface area (Å²) in [5, 5.41) is 4.34. The van der Waals surface area contributed by atoms with Crippen molar-refractivity contribution >= 4 is 33.4 Å². The third-order valence-corrected chi connectivity index (χ3v) is 5.47. The Labute approximate surface area is 165 Å². The summed E-state index contributed by atoms with van der Waals surface area (Å²) in [7, 11) is 0. The van der Waals surface area contributed by atoms with Gasteiger partial charge in [-0.3, -0.25) is 0 Å². The van der Waals surface area contributed by atoms with Crippen molar-refractivity contribution in [1.82, 2.24) is 19.5 Å². The van der Waals surface area contributed by atoms with Crippen LogP contribution in [0, 0.1) is 0 Å². The van der Waals surface area contributed by atoms with Crippen LogP contribution in [0.25, 0.3) is 5.52 Å². The van der Waals surface area contributed by atoms with Gasteiger partial charge >= 0.3 is 6.09 Å². The topological polar surface area (TPSA) is 85.8 Å². The quantitative estimate of drug-likeness (QED) is 0.687. The molecule has 1 saturated heterocycles. The van der Waals surface area contributed by atoms with E-state index in [9.17, 15) is 4.79 Å². The van der Waals surface area contributed by atoms with Gasteiger partial charge in [0.15, 0.2) is 5.82 Å². The van der Waals surface area contributed by atoms with Crippen LogP contribution in [0.5, 0.6) is 0 Å². The number of likely N-dealkylation sites (tertiary alicyclic amines) is 1. The number of fused-ring (bicyclic) bond motifs is 1. The molecule has 8 heteroatoms. The Balaban J connectivity index is 1.48. The molecule has 7 nitrogen and oxygen atoms in total. The van der Waals surface area contributed by atoms with Crippen molar-refractivity contribution in [3.63, 3.8) is 0 Å². The van der Waals surface area contributed by atoms with Crippen LogP contribution in [0.1, 0.15) is 30.0 Å². The van der Waals surface area contributed by atoms with Gasteiger partial charge in [0.25, 0.3) is 0 Å². The van der Waals surface area contributed by atoms with Crippen molar-refractivity contribution in [2.45, 2.75) is 25.4 Å². The highest BCUT2D eigenvalue weighted by molar-refractivity contribution is 9.10. The molecular formula is C19H20BrN5O2. The van der Waals surface area contributed by atoms with Gasteiger partial charge in [0.1, 0.15) is 18.5 Å². The molecule has 1 atom stereocenters. The molecule has 1 aliphatic rings. The number of nitrogen functional groups attached to an aromatic ring is 1. The highest BCUT2D eigenvalue weighted by atomic mass is 79.9. The SMILES string of the molecule is Nc1ncnn2c(C3CCCN(C(=O)OCc4ccccc4)C3)cc(Br)c12. The molecule has 2 aromatic heterocycles. The molecule has 0 saturated carbocycles. The van der Waals surface area contributed by atoms with Crippen molar-refractivity contribution in [2.75, 3.05) is 18.8 Å². The number of hydrogen-bond donors (Lipinski definition) is 1. The fraction of sp³-hybridized carbons (Fsp3) is 0.316. The van der Waals surface area contributed by atoms with Crippen molar-refractivity contribution in [3.8, 4) is 0 Å². The Morgan fingerprint density at radius 3 is 2.96 bits per heavy atom. The van der Waals surface area contributed by atoms with Crippen LogP contribution in [0.4, 0.5) is 10.6 Å². The van der Waals surface area contributed by atoms with E-state index in [4.69, 9.17) is 10.5 Å². The summed E-state index contributed by atoms with van der Waals surface area (Å²) in [5.74, 6) is 0.592. The maximum Gasteiger partial charge on any atom is 0.410 e. The lowest BCUT2D eigenvalue weighted by Gasteiger charge is -2.31. The number of hydrogen-bond acceptors (Lipinski definition) is 5. The predicted octanol–water partition coefficient (Wildman–Crippen LogP) is 3.59. The van der Waals surface area contributed by atoms with Crippen LogP contribution in [0.2, 0.25) is 0 Å². The molecular weight excluding hydrogens is 410 g/mol. The van der Waals surface area contributed by atoms with Gasteiger partial charge in [-0.15, -0.1) is 0 Å². The van der Waals surface area contributed by atoms with Gasteiger partial charge < -0.3 is 15.4 Å². The van der Waals surface area contributed by atoms with Gasteiger partial charge in [-0.05, 0) is 40.4 Å². The Morgan fingerprint density at radius 2 is 2.15 bits per heavy atom. The van der Waals surface area contributed by atoms with E-state index in [-0.39, 0.29) is 18.6 Å². The first-order chi connectivity index (χ1) is 13.1. The normalized spacial score (nSPS) is 17.2. The molecule has 0 aliphatic carbocycles. The monoisotopic (exact) mass is 429 g/mol. The number of carbonyl (C=O) groups is 1. The molecule has 1 aliphatic heterocycles. The van der Waals surface area contributed by atoms with E-state index in [1.165, 1.54) is 6.33 Å². The molecule has 0 radical (unpaired) electrons. The summed E-state index contributed by atoms with van der Waals surface area (Å²) in [6.45, 7) is 1.58. The first kappa shape index (κ1) is 17.8. The van der Waals surface area contributed by atoms with Gasteiger partial charge in [0.05, 0.1) is 0 Å². The number of amides is 1. The van der Waals surface area contributed by atoms with Gasteiger partial charge in [-0.1, -0.05) is 30.3 Å². The van der Waals surface area contributed by atoms with Crippen LogP contribution in [0.3, 0.4) is 0 Å². The van der Waals surface area contributed by atoms with E-state index in [0.29, 0.717) is 18.9 Å². The van der Waals surface area contributed by atoms with Crippen LogP contribution in [-0.4, -0.2) is 38.7 Å². The van der Waals surface area contributed by atoms with Crippen molar-refractivity contribution < 1.29 is 9.53 Å². The molecule has 2 N–H and O–H groups in total. The smallest absolute Gasteiger partial charge is 0.410 e. The lowest BCUT2D eigenvalue weighted by molar-refractivity contribution is 0.0855. The predicted molar refractivity (Wildman–Crippen MR) is 105 cm³/mol. The van der Waals surface area contributed by atoms with E-state index in [1.54, 1.807) is 4.90 Å². The van der Waals surface area contributed by atoms with Gasteiger partial charge in [0, 0.05) is 29.2 Å². The van der Waals surface area contributed by atoms with Crippen LogP contribution in [0.15, 0.2) is 47.2 Å². The van der Waals surface area contributed by atoms with Gasteiger partial charge in [-0.25, -0.2) is 14.3 Å². The lowest BCUT2D eigenvalue weighted by atomic mass is 9.95. The number of halogens is 1. The van der Waals surface area contributed by atoms with E-state index >= 15 is 0 Å². The Hall–Kier alpha value is -2.61. The largest absolute Gasteiger partial charge is 0.445 e. The summed E-state index contributed by atoms with van der Waals surface area (Å²) in [4.78, 5) is 18.3. The number of ether oxygens (including phenoxy) is 1. The minimum Gasteiger partial charge on any atom is -0.445 e. The highest BCUT2D eigenvalue weighted by Crippen LogP contribution is 2.33. The molecule has 3 heterocycles. The van der Waals surface area contributed by atoms with Crippen molar-refractivity contribution in [3.05, 3.63) is 58.5 Å². The molecule has 0 bridgehead atoms. The molecule has 4 rings (SSSR count). The average molecular weight is 430 g/mol. The molecule has 1 unspecified atom stereocenters. The third-order valence-electron chi connectivity index (χ3n) is 4.87. The summed E-state index contributed by atoms with van der Waals surface area (Å²) in [6, 6.07) is 11.7. The Morgan fingerprint density at radius 1 is 1.33 bits per heavy atom. The zero-order chi connectivity index (χ0) is 18.8. The molecule has 3 aromatic rings. The van der Waals surface area contributed by atoms with Gasteiger partial charge in [0.2, 0.25) is 0 Å². The minimum absolute atomic E-state index is 0.163. The number of nitrogens with two attached hydrogens (primary N) is 1. The summed E-state index contributed by atoms with van der Waals surface area (Å²) < 4.78 is 8.16. The van der Waals surface area contributed by atoms with Crippen LogP contribution in [-0.2, 0) is 11.3 Å². The maximum atomic E-state index is 12.5. The van der Waals surface area contributed by atoms with Gasteiger partial charge in [-0.2, -0.15) is 5.10 Å². The Kier molecular flexibility index (Phi) is 4.98. The van der Waals surface area contributed by atoms with Crippen LogP contribution >= 0.6 is 15.9 Å². The summed E-state index contributed by atoms with van der Waals surface area (Å²) in [6.07, 6.45) is 3.06. The summed E-state index contributed by atoms with van der Waals surface area (Å²) >= 11 is 3.54. The second-order valence-corrected chi connectivity index (χ2v) is 7.50. The lowest BCUT2D eigenvalue weighted by Crippen LogP contribution is -2.39. The Bertz CT molecular complexity index is 959. The molecule has 1 aromatic carbocycles. The van der Waals surface area contributed by atoms with E-state index < -0.39 is 0 Å². The maximum absolute atomic E-state index is 12.5. The molecule has 27 heavy (non-hydrogen) atoms. The zero-order valence-corrected chi connectivity index (χ0v) is 16.3. The molecule has 1 fully saturated rings. The van der Waals surface area contributed by atoms with Crippen molar-refractivity contribution in [1.29, 1.82) is 0 Å². The average Bonchev–Trinajstić information content (AvgIpc) is 3.05. The fourth-order valence-corrected chi connectivity index (χ4v) is 4.14. The van der Waals surface area contributed by atoms with E-state index in [0.717, 1.165) is 34.1 Å². The molecule has 1 amide bonds. The van der Waals surface area contributed by atoms with E-state index in [1.807, 2.05) is 40.9 Å². The minimum atomic E-state index is -0.280. The first-order valence-corrected chi connectivity index (χ1v) is 9.66. The molecule has 140 valence electrons. The van der Waals surface area contributed by atoms with E-state index in [2.05, 4.69) is 26.0 Å². The number of piperidine rings is 1. The number of anilines is 1. The summed E-state index contributed by atoms with van der Waals surface area (Å²) in [5.41, 5.74) is 8.74. The van der Waals surface area contributed by atoms with Crippen LogP contribution < -0.4 is 5.73 Å². The fourth-order valence-electron chi connectivity index (χ4n) is 3.53. The number of nitrogens with zero attached hydrogens (tertiary/aromatic N) is 4. The number of benzene rings is 1. The standard InChI is InChI=1S/C19H20BrN5O2/c20-15-9-16(25-17(15)18(21)22-12-23-25)14-7-4-8-24(10-14)19(26)27-11-13-5-2-1-3-6-13/h1-3,5-6,9,12,14H,4,7-8,10-11H2,(H2,21,22,23).